The number of ether oxygens (including phenoxy) is 1. The van der Waals surface area contributed by atoms with E-state index in [4.69, 9.17) is 9.29 Å². The minimum Gasteiger partial charge on any atom is -0.493 e. The van der Waals surface area contributed by atoms with Crippen molar-refractivity contribution in [3.8, 4) is 28.7 Å². The van der Waals surface area contributed by atoms with Crippen LogP contribution in [0.3, 0.4) is 0 Å². The highest BCUT2D eigenvalue weighted by Gasteiger charge is 2.25. The van der Waals surface area contributed by atoms with Crippen molar-refractivity contribution in [3.63, 3.8) is 0 Å². The third kappa shape index (κ3) is 4.11. The molecule has 1 N–H and O–H groups in total. The Hall–Kier alpha value is -2.87. The van der Waals surface area contributed by atoms with Crippen LogP contribution >= 0.6 is 0 Å². The van der Waals surface area contributed by atoms with Gasteiger partial charge in [-0.2, -0.15) is 0 Å². The van der Waals surface area contributed by atoms with Gasteiger partial charge in [-0.3, -0.25) is 0 Å². The first kappa shape index (κ1) is 17.5. The summed E-state index contributed by atoms with van der Waals surface area (Å²) in [6, 6.07) is 24.2. The molecule has 0 aromatic heterocycles. The Morgan fingerprint density at radius 3 is 2.44 bits per heavy atom. The van der Waals surface area contributed by atoms with Crippen LogP contribution in [0.1, 0.15) is 22.6 Å². The maximum absolute atomic E-state index is 11.1. The van der Waals surface area contributed by atoms with E-state index in [9.17, 15) is 4.21 Å². The average Bonchev–Trinajstić information content (AvgIpc) is 3.09. The number of fused-ring (bicyclic) bond motifs is 1. The zero-order valence-electron chi connectivity index (χ0n) is 14.6. The van der Waals surface area contributed by atoms with E-state index in [-0.39, 0.29) is 11.7 Å². The molecule has 3 aromatic rings. The molecule has 0 radical (unpaired) electrons. The minimum atomic E-state index is -1.82. The van der Waals surface area contributed by atoms with Crippen molar-refractivity contribution in [2.24, 2.45) is 0 Å². The molecule has 27 heavy (non-hydrogen) atoms. The molecule has 0 aliphatic carbocycles. The van der Waals surface area contributed by atoms with Gasteiger partial charge < -0.3 is 9.29 Å². The van der Waals surface area contributed by atoms with Crippen molar-refractivity contribution in [1.82, 2.24) is 0 Å². The summed E-state index contributed by atoms with van der Waals surface area (Å²) in [5, 5.41) is 0. The maximum Gasteiger partial charge on any atom is 0.153 e. The van der Waals surface area contributed by atoms with Crippen LogP contribution in [-0.2, 0) is 11.1 Å². The van der Waals surface area contributed by atoms with E-state index < -0.39 is 11.1 Å². The molecule has 0 spiro atoms. The average molecular weight is 374 g/mol. The molecule has 0 amide bonds. The molecule has 0 fully saturated rings. The van der Waals surface area contributed by atoms with Crippen LogP contribution in [-0.4, -0.2) is 21.1 Å². The van der Waals surface area contributed by atoms with Gasteiger partial charge in [-0.05, 0) is 35.4 Å². The molecule has 2 unspecified atom stereocenters. The second-order valence-corrected chi connectivity index (χ2v) is 7.42. The molecule has 0 bridgehead atoms. The first-order chi connectivity index (χ1) is 13.2. The van der Waals surface area contributed by atoms with Gasteiger partial charge in [-0.25, -0.2) is 4.21 Å². The van der Waals surface area contributed by atoms with Crippen molar-refractivity contribution in [1.29, 1.82) is 0 Å². The summed E-state index contributed by atoms with van der Waals surface area (Å²) in [7, 11) is 0. The van der Waals surface area contributed by atoms with Crippen LogP contribution < -0.4 is 4.74 Å². The molecule has 1 aliphatic rings. The van der Waals surface area contributed by atoms with E-state index in [1.165, 1.54) is 5.56 Å². The van der Waals surface area contributed by atoms with Gasteiger partial charge in [0.2, 0.25) is 0 Å². The SMILES string of the molecule is O=S(O)CC1COc2cc(C#Cc3cccc(-c4ccccc4)c3)ccc21. The monoisotopic (exact) mass is 374 g/mol. The Morgan fingerprint density at radius 1 is 0.926 bits per heavy atom. The van der Waals surface area contributed by atoms with Gasteiger partial charge in [0.15, 0.2) is 11.1 Å². The predicted octanol–water partition coefficient (Wildman–Crippen LogP) is 4.45. The van der Waals surface area contributed by atoms with E-state index in [2.05, 4.69) is 36.1 Å². The predicted molar refractivity (Wildman–Crippen MR) is 108 cm³/mol. The zero-order chi connectivity index (χ0) is 18.6. The van der Waals surface area contributed by atoms with Gasteiger partial charge in [0.05, 0.1) is 12.4 Å². The molecule has 4 heteroatoms. The van der Waals surface area contributed by atoms with Gasteiger partial charge in [0, 0.05) is 22.6 Å². The summed E-state index contributed by atoms with van der Waals surface area (Å²) in [4.78, 5) is 0. The van der Waals surface area contributed by atoms with Gasteiger partial charge in [0.25, 0.3) is 0 Å². The number of benzene rings is 3. The van der Waals surface area contributed by atoms with Crippen LogP contribution in [0.25, 0.3) is 11.1 Å². The Bertz CT molecular complexity index is 1050. The number of hydrogen-bond donors (Lipinski definition) is 1. The quantitative estimate of drug-likeness (QED) is 0.544. The smallest absolute Gasteiger partial charge is 0.153 e. The number of hydrogen-bond acceptors (Lipinski definition) is 2. The fraction of sp³-hybridized carbons (Fsp3) is 0.130. The van der Waals surface area contributed by atoms with E-state index in [0.29, 0.717) is 6.61 Å². The summed E-state index contributed by atoms with van der Waals surface area (Å²) in [6.07, 6.45) is 0. The molecule has 1 aliphatic heterocycles. The highest BCUT2D eigenvalue weighted by molar-refractivity contribution is 7.79. The van der Waals surface area contributed by atoms with Crippen molar-refractivity contribution in [2.45, 2.75) is 5.92 Å². The minimum absolute atomic E-state index is 0.0320. The first-order valence-electron chi connectivity index (χ1n) is 8.71. The summed E-state index contributed by atoms with van der Waals surface area (Å²) in [6.45, 7) is 0.442. The molecule has 0 saturated heterocycles. The Labute approximate surface area is 161 Å². The molecular weight excluding hydrogens is 356 g/mol. The fourth-order valence-corrected chi connectivity index (χ4v) is 3.84. The molecule has 1 heterocycles. The van der Waals surface area contributed by atoms with Crippen molar-refractivity contribution >= 4 is 11.1 Å². The van der Waals surface area contributed by atoms with Crippen LogP contribution in [0.15, 0.2) is 72.8 Å². The molecule has 4 rings (SSSR count). The normalized spacial score (nSPS) is 16.0. The molecule has 0 saturated carbocycles. The van der Waals surface area contributed by atoms with Crippen LogP contribution in [0, 0.1) is 11.8 Å². The molecule has 2 atom stereocenters. The lowest BCUT2D eigenvalue weighted by Crippen LogP contribution is -2.10. The van der Waals surface area contributed by atoms with Crippen LogP contribution in [0.5, 0.6) is 5.75 Å². The van der Waals surface area contributed by atoms with Gasteiger partial charge in [0.1, 0.15) is 5.75 Å². The van der Waals surface area contributed by atoms with Gasteiger partial charge in [-0.15, -0.1) is 0 Å². The third-order valence-electron chi connectivity index (χ3n) is 4.56. The van der Waals surface area contributed by atoms with Gasteiger partial charge >= 0.3 is 0 Å². The van der Waals surface area contributed by atoms with Crippen LogP contribution in [0.2, 0.25) is 0 Å². The third-order valence-corrected chi connectivity index (χ3v) is 5.25. The van der Waals surface area contributed by atoms with Crippen molar-refractivity contribution in [3.05, 3.63) is 89.5 Å². The zero-order valence-corrected chi connectivity index (χ0v) is 15.4. The summed E-state index contributed by atoms with van der Waals surface area (Å²) >= 11 is -1.82. The Balaban J connectivity index is 1.56. The van der Waals surface area contributed by atoms with Crippen LogP contribution in [0.4, 0.5) is 0 Å². The molecule has 134 valence electrons. The van der Waals surface area contributed by atoms with E-state index >= 15 is 0 Å². The first-order valence-corrected chi connectivity index (χ1v) is 9.98. The van der Waals surface area contributed by atoms with E-state index in [1.807, 2.05) is 48.5 Å². The summed E-state index contributed by atoms with van der Waals surface area (Å²) < 4.78 is 25.8. The molecule has 3 nitrogen and oxygen atoms in total. The van der Waals surface area contributed by atoms with E-state index in [1.54, 1.807) is 0 Å². The van der Waals surface area contributed by atoms with Crippen molar-refractivity contribution in [2.75, 3.05) is 12.4 Å². The summed E-state index contributed by atoms with van der Waals surface area (Å²) in [5.74, 6) is 7.32. The standard InChI is InChI=1S/C23H18O3S/c24-27(25)16-21-15-26-23-14-18(11-12-22(21)23)10-9-17-5-4-8-20(13-17)19-6-2-1-3-7-19/h1-8,11-14,21H,15-16H2,(H,24,25). The fourth-order valence-electron chi connectivity index (χ4n) is 3.22. The maximum atomic E-state index is 11.1. The summed E-state index contributed by atoms with van der Waals surface area (Å²) in [5.41, 5.74) is 5.10. The molecule has 3 aromatic carbocycles. The lowest BCUT2D eigenvalue weighted by molar-refractivity contribution is 0.337. The number of rotatable bonds is 3. The lowest BCUT2D eigenvalue weighted by atomic mass is 10.0. The Kier molecular flexibility index (Phi) is 5.06. The Morgan fingerprint density at radius 2 is 1.67 bits per heavy atom. The second-order valence-electron chi connectivity index (χ2n) is 6.45. The highest BCUT2D eigenvalue weighted by atomic mass is 32.2. The highest BCUT2D eigenvalue weighted by Crippen LogP contribution is 2.34. The molecular formula is C23H18O3S. The lowest BCUT2D eigenvalue weighted by Gasteiger charge is -2.04. The van der Waals surface area contributed by atoms with E-state index in [0.717, 1.165) is 28.0 Å². The topological polar surface area (TPSA) is 46.5 Å². The largest absolute Gasteiger partial charge is 0.493 e. The van der Waals surface area contributed by atoms with Gasteiger partial charge in [-0.1, -0.05) is 60.4 Å². The van der Waals surface area contributed by atoms with Crippen molar-refractivity contribution < 1.29 is 13.5 Å². The second kappa shape index (κ2) is 7.79.